The molecular formula is C16H16ClN5O3. The van der Waals surface area contributed by atoms with Gasteiger partial charge in [0.2, 0.25) is 5.89 Å². The summed E-state index contributed by atoms with van der Waals surface area (Å²) in [4.78, 5) is 37.8. The first kappa shape index (κ1) is 17.2. The molecule has 0 saturated carbocycles. The normalized spacial score (nSPS) is 16.8. The van der Waals surface area contributed by atoms with Gasteiger partial charge in [-0.25, -0.2) is 9.97 Å². The van der Waals surface area contributed by atoms with Crippen molar-refractivity contribution in [2.75, 3.05) is 13.1 Å². The van der Waals surface area contributed by atoms with Crippen molar-refractivity contribution in [3.63, 3.8) is 0 Å². The number of hydrogen-bond donors (Lipinski definition) is 0. The molecule has 8 nitrogen and oxygen atoms in total. The number of allylic oxidation sites excluding steroid dienone is 1. The summed E-state index contributed by atoms with van der Waals surface area (Å²) in [6, 6.07) is 0. The number of likely N-dealkylation sites (tertiary alicyclic amines) is 1. The second-order valence-corrected chi connectivity index (χ2v) is 6.22. The van der Waals surface area contributed by atoms with Gasteiger partial charge in [0.25, 0.3) is 11.7 Å². The summed E-state index contributed by atoms with van der Waals surface area (Å²) in [6.07, 6.45) is 5.76. The molecule has 0 radical (unpaired) electrons. The number of ketones is 1. The number of hydrogen-bond acceptors (Lipinski definition) is 7. The number of amides is 1. The van der Waals surface area contributed by atoms with Crippen LogP contribution >= 0.6 is 11.6 Å². The van der Waals surface area contributed by atoms with Crippen LogP contribution in [0.5, 0.6) is 0 Å². The van der Waals surface area contributed by atoms with Crippen molar-refractivity contribution in [1.82, 2.24) is 25.0 Å². The molecule has 3 heterocycles. The lowest BCUT2D eigenvalue weighted by molar-refractivity contribution is -0.114. The summed E-state index contributed by atoms with van der Waals surface area (Å²) in [7, 11) is 0. The van der Waals surface area contributed by atoms with E-state index in [4.69, 9.17) is 16.1 Å². The molecule has 0 aromatic carbocycles. The lowest BCUT2D eigenvalue weighted by Gasteiger charge is -2.13. The Hall–Kier alpha value is -2.61. The van der Waals surface area contributed by atoms with Crippen molar-refractivity contribution in [2.45, 2.75) is 19.3 Å². The summed E-state index contributed by atoms with van der Waals surface area (Å²) in [5.41, 5.74) is 0. The van der Waals surface area contributed by atoms with Gasteiger partial charge in [-0.3, -0.25) is 9.59 Å². The van der Waals surface area contributed by atoms with Gasteiger partial charge in [-0.1, -0.05) is 23.3 Å². The van der Waals surface area contributed by atoms with Gasteiger partial charge < -0.3 is 9.42 Å². The molecule has 2 aromatic heterocycles. The summed E-state index contributed by atoms with van der Waals surface area (Å²) in [5.74, 6) is 0.494. The highest BCUT2D eigenvalue weighted by Gasteiger charge is 2.30. The largest absolute Gasteiger partial charge is 0.338 e. The predicted octanol–water partition coefficient (Wildman–Crippen LogP) is 1.52. The van der Waals surface area contributed by atoms with Crippen molar-refractivity contribution in [3.05, 3.63) is 47.6 Å². The van der Waals surface area contributed by atoms with Crippen molar-refractivity contribution in [3.8, 4) is 0 Å². The SMILES string of the molecule is C=CC(=O)Cc1nc(C(=O)N2CC[C@@H](Cc3ncc(Cl)cn3)C2)no1. The van der Waals surface area contributed by atoms with Crippen LogP contribution in [-0.2, 0) is 17.6 Å². The third-order valence-electron chi connectivity index (χ3n) is 3.93. The molecule has 1 saturated heterocycles. The van der Waals surface area contributed by atoms with Crippen LogP contribution < -0.4 is 0 Å². The predicted molar refractivity (Wildman–Crippen MR) is 88.0 cm³/mol. The van der Waals surface area contributed by atoms with Crippen LogP contribution in [0.4, 0.5) is 0 Å². The average molecular weight is 362 g/mol. The van der Waals surface area contributed by atoms with E-state index in [0.29, 0.717) is 30.4 Å². The lowest BCUT2D eigenvalue weighted by Crippen LogP contribution is -2.30. The maximum absolute atomic E-state index is 12.4. The fraction of sp³-hybridized carbons (Fsp3) is 0.375. The van der Waals surface area contributed by atoms with Crippen LogP contribution in [0.25, 0.3) is 0 Å². The van der Waals surface area contributed by atoms with Crippen molar-refractivity contribution >= 4 is 23.3 Å². The first-order valence-corrected chi connectivity index (χ1v) is 8.16. The van der Waals surface area contributed by atoms with Gasteiger partial charge >= 0.3 is 0 Å². The van der Waals surface area contributed by atoms with E-state index in [1.807, 2.05) is 0 Å². The van der Waals surface area contributed by atoms with Crippen LogP contribution in [0.15, 0.2) is 29.6 Å². The number of nitrogens with zero attached hydrogens (tertiary/aromatic N) is 5. The number of aromatic nitrogens is 4. The molecule has 0 N–H and O–H groups in total. The molecule has 2 aromatic rings. The second-order valence-electron chi connectivity index (χ2n) is 5.79. The Bertz CT molecular complexity index is 789. The highest BCUT2D eigenvalue weighted by Crippen LogP contribution is 2.21. The number of carbonyl (C=O) groups excluding carboxylic acids is 2. The fourth-order valence-electron chi connectivity index (χ4n) is 2.66. The van der Waals surface area contributed by atoms with Crippen molar-refractivity contribution in [2.24, 2.45) is 5.92 Å². The van der Waals surface area contributed by atoms with E-state index in [9.17, 15) is 9.59 Å². The molecule has 130 valence electrons. The minimum atomic E-state index is -0.305. The molecule has 1 amide bonds. The molecule has 25 heavy (non-hydrogen) atoms. The smallest absolute Gasteiger partial charge is 0.295 e. The molecular weight excluding hydrogens is 346 g/mol. The Kier molecular flexibility index (Phi) is 5.18. The summed E-state index contributed by atoms with van der Waals surface area (Å²) < 4.78 is 4.94. The first-order valence-electron chi connectivity index (χ1n) is 7.78. The second kappa shape index (κ2) is 7.52. The molecule has 1 fully saturated rings. The van der Waals surface area contributed by atoms with E-state index in [1.165, 1.54) is 6.08 Å². The number of rotatable bonds is 6. The van der Waals surface area contributed by atoms with Crippen LogP contribution in [-0.4, -0.2) is 49.8 Å². The van der Waals surface area contributed by atoms with Gasteiger partial charge in [-0.15, -0.1) is 0 Å². The Morgan fingerprint density at radius 3 is 2.88 bits per heavy atom. The van der Waals surface area contributed by atoms with Crippen LogP contribution in [0.1, 0.15) is 28.8 Å². The quantitative estimate of drug-likeness (QED) is 0.718. The standard InChI is InChI=1S/C16H16ClN5O3/c1-2-12(23)6-14-20-15(21-25-14)16(24)22-4-3-10(9-22)5-13-18-7-11(17)8-19-13/h2,7-8,10H,1,3-6,9H2/t10-/m0/s1. The van der Waals surface area contributed by atoms with Gasteiger partial charge in [-0.2, -0.15) is 4.98 Å². The van der Waals surface area contributed by atoms with Gasteiger partial charge in [0.05, 0.1) is 11.4 Å². The number of halogens is 1. The fourth-order valence-corrected chi connectivity index (χ4v) is 2.76. The maximum Gasteiger partial charge on any atom is 0.295 e. The Balaban J connectivity index is 1.58. The van der Waals surface area contributed by atoms with E-state index in [-0.39, 0.29) is 35.7 Å². The molecule has 1 aliphatic heterocycles. The zero-order valence-corrected chi connectivity index (χ0v) is 14.1. The van der Waals surface area contributed by atoms with E-state index >= 15 is 0 Å². The topological polar surface area (TPSA) is 102 Å². The average Bonchev–Trinajstić information content (AvgIpc) is 3.26. The zero-order valence-electron chi connectivity index (χ0n) is 13.4. The summed E-state index contributed by atoms with van der Waals surface area (Å²) in [6.45, 7) is 4.55. The highest BCUT2D eigenvalue weighted by molar-refractivity contribution is 6.30. The third-order valence-corrected chi connectivity index (χ3v) is 4.13. The van der Waals surface area contributed by atoms with Crippen LogP contribution in [0.2, 0.25) is 5.02 Å². The van der Waals surface area contributed by atoms with Gasteiger partial charge in [0.1, 0.15) is 5.82 Å². The van der Waals surface area contributed by atoms with Gasteiger partial charge in [0.15, 0.2) is 5.78 Å². The Labute approximate surface area is 148 Å². The van der Waals surface area contributed by atoms with E-state index in [2.05, 4.69) is 26.7 Å². The van der Waals surface area contributed by atoms with Gasteiger partial charge in [0, 0.05) is 31.9 Å². The molecule has 1 atom stereocenters. The minimum absolute atomic E-state index is 0.0322. The molecule has 1 aliphatic rings. The molecule has 0 unspecified atom stereocenters. The molecule has 0 bridgehead atoms. The third kappa shape index (κ3) is 4.27. The lowest BCUT2D eigenvalue weighted by atomic mass is 10.0. The summed E-state index contributed by atoms with van der Waals surface area (Å²) in [5, 5.41) is 4.16. The van der Waals surface area contributed by atoms with Crippen molar-refractivity contribution in [1.29, 1.82) is 0 Å². The van der Waals surface area contributed by atoms with Crippen molar-refractivity contribution < 1.29 is 14.1 Å². The molecule has 9 heteroatoms. The maximum atomic E-state index is 12.4. The highest BCUT2D eigenvalue weighted by atomic mass is 35.5. The van der Waals surface area contributed by atoms with Crippen LogP contribution in [0, 0.1) is 5.92 Å². The van der Waals surface area contributed by atoms with E-state index in [1.54, 1.807) is 17.3 Å². The monoisotopic (exact) mass is 361 g/mol. The van der Waals surface area contributed by atoms with E-state index < -0.39 is 0 Å². The van der Waals surface area contributed by atoms with Crippen LogP contribution in [0.3, 0.4) is 0 Å². The molecule has 0 aliphatic carbocycles. The van der Waals surface area contributed by atoms with Gasteiger partial charge in [-0.05, 0) is 18.4 Å². The Morgan fingerprint density at radius 1 is 1.40 bits per heavy atom. The first-order chi connectivity index (χ1) is 12.0. The number of carbonyl (C=O) groups is 2. The summed E-state index contributed by atoms with van der Waals surface area (Å²) >= 11 is 5.78. The zero-order chi connectivity index (χ0) is 17.8. The minimum Gasteiger partial charge on any atom is -0.338 e. The molecule has 3 rings (SSSR count). The molecule has 0 spiro atoms. The Morgan fingerprint density at radius 2 is 2.16 bits per heavy atom. The van der Waals surface area contributed by atoms with E-state index in [0.717, 1.165) is 6.42 Å².